The fraction of sp³-hybridized carbons (Fsp3) is 0.533. The second-order valence-corrected chi connectivity index (χ2v) is 6.36. The van der Waals surface area contributed by atoms with Crippen molar-refractivity contribution < 1.29 is 4.79 Å². The number of carbonyl (C=O) groups is 1. The van der Waals surface area contributed by atoms with E-state index in [1.807, 2.05) is 0 Å². The van der Waals surface area contributed by atoms with E-state index in [2.05, 4.69) is 48.7 Å². The molecule has 2 rings (SSSR count). The van der Waals surface area contributed by atoms with Crippen molar-refractivity contribution in [1.82, 2.24) is 10.6 Å². The molecule has 0 heterocycles. The lowest BCUT2D eigenvalue weighted by molar-refractivity contribution is 0.237. The van der Waals surface area contributed by atoms with E-state index in [0.717, 1.165) is 5.75 Å². The van der Waals surface area contributed by atoms with Gasteiger partial charge in [0.15, 0.2) is 0 Å². The molecule has 1 unspecified atom stereocenters. The van der Waals surface area contributed by atoms with Crippen LogP contribution in [0.1, 0.15) is 25.3 Å². The van der Waals surface area contributed by atoms with Crippen LogP contribution in [0.5, 0.6) is 0 Å². The average Bonchev–Trinajstić information content (AvgIpc) is 3.21. The first-order valence-corrected chi connectivity index (χ1v) is 7.87. The van der Waals surface area contributed by atoms with Crippen molar-refractivity contribution in [3.8, 4) is 0 Å². The van der Waals surface area contributed by atoms with Crippen molar-refractivity contribution in [3.05, 3.63) is 29.8 Å². The Morgan fingerprint density at radius 1 is 1.37 bits per heavy atom. The Morgan fingerprint density at radius 3 is 2.68 bits per heavy atom. The van der Waals surface area contributed by atoms with Crippen molar-refractivity contribution in [1.29, 1.82) is 0 Å². The van der Waals surface area contributed by atoms with E-state index in [-0.39, 0.29) is 6.03 Å². The van der Waals surface area contributed by atoms with Crippen LogP contribution >= 0.6 is 11.8 Å². The van der Waals surface area contributed by atoms with Crippen LogP contribution in [0.25, 0.3) is 0 Å². The quantitative estimate of drug-likeness (QED) is 0.620. The predicted octanol–water partition coefficient (Wildman–Crippen LogP) is 3.18. The number of urea groups is 1. The molecule has 1 aliphatic carbocycles. The molecule has 0 aliphatic heterocycles. The lowest BCUT2D eigenvalue weighted by Crippen LogP contribution is -2.42. The van der Waals surface area contributed by atoms with Gasteiger partial charge in [0, 0.05) is 23.2 Å². The molecule has 3 nitrogen and oxygen atoms in total. The molecule has 1 atom stereocenters. The average molecular weight is 278 g/mol. The summed E-state index contributed by atoms with van der Waals surface area (Å²) in [7, 11) is 0. The van der Waals surface area contributed by atoms with Gasteiger partial charge in [-0.15, -0.1) is 11.8 Å². The second-order valence-electron chi connectivity index (χ2n) is 5.19. The fourth-order valence-corrected chi connectivity index (χ4v) is 2.71. The molecule has 19 heavy (non-hydrogen) atoms. The Kier molecular flexibility index (Phi) is 5.14. The van der Waals surface area contributed by atoms with Gasteiger partial charge in [0.1, 0.15) is 0 Å². The highest BCUT2D eigenvalue weighted by Crippen LogP contribution is 2.32. The van der Waals surface area contributed by atoms with Gasteiger partial charge in [0.2, 0.25) is 0 Å². The number of aryl methyl sites for hydroxylation is 1. The number of carbonyl (C=O) groups excluding carboxylic acids is 1. The Bertz CT molecular complexity index is 415. The number of hydrogen-bond acceptors (Lipinski definition) is 2. The number of thioether (sulfide) groups is 1. The van der Waals surface area contributed by atoms with Crippen molar-refractivity contribution in [2.45, 2.75) is 37.6 Å². The molecule has 0 saturated heterocycles. The summed E-state index contributed by atoms with van der Waals surface area (Å²) in [5, 5.41) is 5.90. The van der Waals surface area contributed by atoms with Crippen molar-refractivity contribution in [2.24, 2.45) is 5.92 Å². The summed E-state index contributed by atoms with van der Waals surface area (Å²) in [4.78, 5) is 12.9. The van der Waals surface area contributed by atoms with Crippen molar-refractivity contribution in [2.75, 3.05) is 12.3 Å². The van der Waals surface area contributed by atoms with Crippen LogP contribution < -0.4 is 10.6 Å². The van der Waals surface area contributed by atoms with Gasteiger partial charge in [-0.05, 0) is 44.7 Å². The molecule has 0 spiro atoms. The number of hydrogen-bond donors (Lipinski definition) is 2. The van der Waals surface area contributed by atoms with Gasteiger partial charge >= 0.3 is 6.03 Å². The van der Waals surface area contributed by atoms with Gasteiger partial charge in [0.05, 0.1) is 0 Å². The molecule has 1 saturated carbocycles. The molecule has 1 fully saturated rings. The largest absolute Gasteiger partial charge is 0.337 e. The Balaban J connectivity index is 1.58. The van der Waals surface area contributed by atoms with Crippen molar-refractivity contribution >= 4 is 17.8 Å². The molecule has 1 aliphatic rings. The minimum Gasteiger partial charge on any atom is -0.337 e. The smallest absolute Gasteiger partial charge is 0.315 e. The highest BCUT2D eigenvalue weighted by molar-refractivity contribution is 7.99. The van der Waals surface area contributed by atoms with E-state index >= 15 is 0 Å². The third kappa shape index (κ3) is 5.15. The first-order chi connectivity index (χ1) is 9.15. The van der Waals surface area contributed by atoms with Gasteiger partial charge in [-0.25, -0.2) is 4.79 Å². The molecule has 0 bridgehead atoms. The highest BCUT2D eigenvalue weighted by Gasteiger charge is 2.28. The number of benzene rings is 1. The van der Waals surface area contributed by atoms with Crippen LogP contribution in [0, 0.1) is 12.8 Å². The summed E-state index contributed by atoms with van der Waals surface area (Å²) in [5.41, 5.74) is 1.27. The Morgan fingerprint density at radius 2 is 2.05 bits per heavy atom. The predicted molar refractivity (Wildman–Crippen MR) is 80.6 cm³/mol. The van der Waals surface area contributed by atoms with E-state index in [4.69, 9.17) is 0 Å². The SMILES string of the molecule is Cc1ccc(SCCNC(=O)NC(C)C2CC2)cc1. The summed E-state index contributed by atoms with van der Waals surface area (Å²) in [6.45, 7) is 4.86. The van der Waals surface area contributed by atoms with Gasteiger partial charge in [-0.1, -0.05) is 17.7 Å². The first-order valence-electron chi connectivity index (χ1n) is 6.89. The topological polar surface area (TPSA) is 41.1 Å². The molecular formula is C15H22N2OS. The van der Waals surface area contributed by atoms with Gasteiger partial charge in [0.25, 0.3) is 0 Å². The maximum absolute atomic E-state index is 11.6. The van der Waals surface area contributed by atoms with Crippen LogP contribution in [0.4, 0.5) is 4.79 Å². The van der Waals surface area contributed by atoms with Gasteiger partial charge < -0.3 is 10.6 Å². The Labute approximate surface area is 119 Å². The van der Waals surface area contributed by atoms with E-state index in [0.29, 0.717) is 18.5 Å². The van der Waals surface area contributed by atoms with Gasteiger partial charge in [-0.3, -0.25) is 0 Å². The molecule has 2 N–H and O–H groups in total. The van der Waals surface area contributed by atoms with E-state index in [1.54, 1.807) is 11.8 Å². The lowest BCUT2D eigenvalue weighted by Gasteiger charge is -2.13. The van der Waals surface area contributed by atoms with E-state index in [9.17, 15) is 4.79 Å². The van der Waals surface area contributed by atoms with Crippen LogP contribution in [0.15, 0.2) is 29.2 Å². The van der Waals surface area contributed by atoms with Crippen LogP contribution in [-0.2, 0) is 0 Å². The van der Waals surface area contributed by atoms with Crippen molar-refractivity contribution in [3.63, 3.8) is 0 Å². The first kappa shape index (κ1) is 14.3. The summed E-state index contributed by atoms with van der Waals surface area (Å²) in [5.74, 6) is 1.60. The number of amides is 2. The Hall–Kier alpha value is -1.16. The van der Waals surface area contributed by atoms with E-state index < -0.39 is 0 Å². The molecule has 0 radical (unpaired) electrons. The monoisotopic (exact) mass is 278 g/mol. The van der Waals surface area contributed by atoms with Crippen LogP contribution in [0.3, 0.4) is 0 Å². The molecule has 1 aromatic carbocycles. The molecule has 104 valence electrons. The molecule has 4 heteroatoms. The van der Waals surface area contributed by atoms with Gasteiger partial charge in [-0.2, -0.15) is 0 Å². The summed E-state index contributed by atoms with van der Waals surface area (Å²) < 4.78 is 0. The molecule has 0 aromatic heterocycles. The highest BCUT2D eigenvalue weighted by atomic mass is 32.2. The normalized spacial score (nSPS) is 15.9. The number of rotatable bonds is 6. The zero-order valence-electron chi connectivity index (χ0n) is 11.6. The maximum atomic E-state index is 11.6. The van der Waals surface area contributed by atoms with Crippen LogP contribution in [-0.4, -0.2) is 24.4 Å². The third-order valence-corrected chi connectivity index (χ3v) is 4.38. The fourth-order valence-electron chi connectivity index (χ4n) is 1.94. The third-order valence-electron chi connectivity index (χ3n) is 3.37. The standard InChI is InChI=1S/C15H22N2OS/c1-11-3-7-14(8-4-11)19-10-9-16-15(18)17-12(2)13-5-6-13/h3-4,7-8,12-13H,5-6,9-10H2,1-2H3,(H2,16,17,18). The maximum Gasteiger partial charge on any atom is 0.315 e. The molecule has 2 amide bonds. The zero-order chi connectivity index (χ0) is 13.7. The number of nitrogens with one attached hydrogen (secondary N) is 2. The summed E-state index contributed by atoms with van der Waals surface area (Å²) in [6.07, 6.45) is 2.51. The zero-order valence-corrected chi connectivity index (χ0v) is 12.4. The minimum atomic E-state index is -0.0380. The second kappa shape index (κ2) is 6.85. The summed E-state index contributed by atoms with van der Waals surface area (Å²) in [6, 6.07) is 8.73. The molecular weight excluding hydrogens is 256 g/mol. The molecule has 1 aromatic rings. The lowest BCUT2D eigenvalue weighted by atomic mass is 10.2. The summed E-state index contributed by atoms with van der Waals surface area (Å²) >= 11 is 1.77. The van der Waals surface area contributed by atoms with Crippen LogP contribution in [0.2, 0.25) is 0 Å². The minimum absolute atomic E-state index is 0.0380. The van der Waals surface area contributed by atoms with E-state index in [1.165, 1.54) is 23.3 Å².